The van der Waals surface area contributed by atoms with Gasteiger partial charge in [-0.15, -0.1) is 0 Å². The highest BCUT2D eigenvalue weighted by Crippen LogP contribution is 2.36. The third kappa shape index (κ3) is 2.98. The molecule has 0 bridgehead atoms. The fourth-order valence-electron chi connectivity index (χ4n) is 2.96. The first-order chi connectivity index (χ1) is 8.06. The van der Waals surface area contributed by atoms with Crippen molar-refractivity contribution in [2.45, 2.75) is 39.7 Å². The van der Waals surface area contributed by atoms with Crippen molar-refractivity contribution in [3.8, 4) is 0 Å². The summed E-state index contributed by atoms with van der Waals surface area (Å²) in [6, 6.07) is 8.24. The molecule has 0 saturated carbocycles. The van der Waals surface area contributed by atoms with Crippen molar-refractivity contribution in [1.29, 1.82) is 0 Å². The fourth-order valence-corrected chi connectivity index (χ4v) is 2.96. The summed E-state index contributed by atoms with van der Waals surface area (Å²) in [5.41, 5.74) is 3.70. The smallest absolute Gasteiger partial charge is 0.0821 e. The number of aryl methyl sites for hydroxylation is 1. The first-order valence-corrected chi connectivity index (χ1v) is 6.48. The van der Waals surface area contributed by atoms with Crippen molar-refractivity contribution in [3.05, 3.63) is 47.0 Å². The fraction of sp³-hybridized carbons (Fsp3) is 0.500. The van der Waals surface area contributed by atoms with Gasteiger partial charge in [0.15, 0.2) is 0 Å². The Bertz CT molecular complexity index is 419. The molecule has 92 valence electrons. The van der Waals surface area contributed by atoms with E-state index in [0.29, 0.717) is 11.8 Å². The molecule has 3 atom stereocenters. The van der Waals surface area contributed by atoms with Crippen LogP contribution in [0.5, 0.6) is 0 Å². The van der Waals surface area contributed by atoms with Crippen LogP contribution in [0.1, 0.15) is 43.9 Å². The van der Waals surface area contributed by atoms with Crippen molar-refractivity contribution in [3.63, 3.8) is 0 Å². The number of benzene rings is 1. The molecule has 1 nitrogen and oxygen atoms in total. The SMILES string of the molecule is CC1=CC(C)CC(C(O)c2cccc(C)c2)C1. The Morgan fingerprint density at radius 2 is 2.06 bits per heavy atom. The first-order valence-electron chi connectivity index (χ1n) is 6.48. The van der Waals surface area contributed by atoms with Gasteiger partial charge in [0.2, 0.25) is 0 Å². The average Bonchev–Trinajstić information content (AvgIpc) is 2.26. The van der Waals surface area contributed by atoms with Gasteiger partial charge in [-0.1, -0.05) is 48.4 Å². The van der Waals surface area contributed by atoms with Gasteiger partial charge >= 0.3 is 0 Å². The average molecular weight is 230 g/mol. The molecular weight excluding hydrogens is 208 g/mol. The van der Waals surface area contributed by atoms with Crippen molar-refractivity contribution in [2.24, 2.45) is 11.8 Å². The Morgan fingerprint density at radius 1 is 1.29 bits per heavy atom. The van der Waals surface area contributed by atoms with Crippen molar-refractivity contribution < 1.29 is 5.11 Å². The molecule has 0 aromatic heterocycles. The Kier molecular flexibility index (Phi) is 3.68. The monoisotopic (exact) mass is 230 g/mol. The minimum absolute atomic E-state index is 0.319. The van der Waals surface area contributed by atoms with Crippen LogP contribution in [-0.4, -0.2) is 5.11 Å². The second kappa shape index (κ2) is 5.05. The third-order valence-corrected chi connectivity index (χ3v) is 3.66. The van der Waals surface area contributed by atoms with E-state index in [2.05, 4.69) is 39.0 Å². The maximum Gasteiger partial charge on any atom is 0.0821 e. The molecule has 1 aromatic carbocycles. The standard InChI is InChI=1S/C16H22O/c1-11-5-4-6-14(8-11)16(17)15-9-12(2)7-13(3)10-15/h4-8,12,15-17H,9-10H2,1-3H3. The van der Waals surface area contributed by atoms with Crippen LogP contribution in [0.4, 0.5) is 0 Å². The zero-order valence-electron chi connectivity index (χ0n) is 11.0. The van der Waals surface area contributed by atoms with Crippen molar-refractivity contribution in [2.75, 3.05) is 0 Å². The van der Waals surface area contributed by atoms with Crippen LogP contribution in [0, 0.1) is 18.8 Å². The Hall–Kier alpha value is -1.08. The minimum Gasteiger partial charge on any atom is -0.388 e. The predicted molar refractivity (Wildman–Crippen MR) is 71.8 cm³/mol. The molecule has 0 spiro atoms. The molecule has 0 saturated heterocycles. The number of rotatable bonds is 2. The Balaban J connectivity index is 2.15. The molecule has 1 N–H and O–H groups in total. The summed E-state index contributed by atoms with van der Waals surface area (Å²) < 4.78 is 0. The van der Waals surface area contributed by atoms with Gasteiger partial charge in [-0.2, -0.15) is 0 Å². The maximum absolute atomic E-state index is 10.5. The van der Waals surface area contributed by atoms with Gasteiger partial charge in [-0.25, -0.2) is 0 Å². The second-order valence-corrected chi connectivity index (χ2v) is 5.55. The third-order valence-electron chi connectivity index (χ3n) is 3.66. The van der Waals surface area contributed by atoms with Crippen LogP contribution in [0.2, 0.25) is 0 Å². The second-order valence-electron chi connectivity index (χ2n) is 5.55. The van der Waals surface area contributed by atoms with Crippen molar-refractivity contribution >= 4 is 0 Å². The molecule has 1 aromatic rings. The van der Waals surface area contributed by atoms with Gasteiger partial charge in [-0.3, -0.25) is 0 Å². The highest BCUT2D eigenvalue weighted by Gasteiger charge is 2.25. The van der Waals surface area contributed by atoms with E-state index >= 15 is 0 Å². The molecule has 0 heterocycles. The van der Waals surface area contributed by atoms with Crippen LogP contribution < -0.4 is 0 Å². The van der Waals surface area contributed by atoms with E-state index in [4.69, 9.17) is 0 Å². The number of allylic oxidation sites excluding steroid dienone is 2. The largest absolute Gasteiger partial charge is 0.388 e. The molecule has 0 aliphatic heterocycles. The summed E-state index contributed by atoms with van der Waals surface area (Å²) >= 11 is 0. The maximum atomic E-state index is 10.5. The molecule has 0 amide bonds. The summed E-state index contributed by atoms with van der Waals surface area (Å²) in [5.74, 6) is 0.963. The lowest BCUT2D eigenvalue weighted by atomic mass is 9.79. The highest BCUT2D eigenvalue weighted by atomic mass is 16.3. The number of aliphatic hydroxyl groups excluding tert-OH is 1. The van der Waals surface area contributed by atoms with Crippen LogP contribution >= 0.6 is 0 Å². The van der Waals surface area contributed by atoms with Crippen LogP contribution in [0.15, 0.2) is 35.9 Å². The van der Waals surface area contributed by atoms with E-state index < -0.39 is 0 Å². The van der Waals surface area contributed by atoms with Gasteiger partial charge in [0.25, 0.3) is 0 Å². The Morgan fingerprint density at radius 3 is 2.71 bits per heavy atom. The molecular formula is C16H22O. The lowest BCUT2D eigenvalue weighted by Gasteiger charge is -2.29. The zero-order chi connectivity index (χ0) is 12.4. The summed E-state index contributed by atoms with van der Waals surface area (Å²) in [4.78, 5) is 0. The van der Waals surface area contributed by atoms with Crippen LogP contribution in [-0.2, 0) is 0 Å². The molecule has 1 aliphatic carbocycles. The lowest BCUT2D eigenvalue weighted by molar-refractivity contribution is 0.0932. The summed E-state index contributed by atoms with van der Waals surface area (Å²) in [7, 11) is 0. The summed E-state index contributed by atoms with van der Waals surface area (Å²) in [5, 5.41) is 10.5. The van der Waals surface area contributed by atoms with Gasteiger partial charge in [0, 0.05) is 0 Å². The summed E-state index contributed by atoms with van der Waals surface area (Å²) in [6.07, 6.45) is 4.13. The van der Waals surface area contributed by atoms with E-state index in [1.807, 2.05) is 12.1 Å². The van der Waals surface area contributed by atoms with E-state index in [-0.39, 0.29) is 6.10 Å². The molecule has 2 rings (SSSR count). The number of hydrogen-bond acceptors (Lipinski definition) is 1. The topological polar surface area (TPSA) is 20.2 Å². The van der Waals surface area contributed by atoms with E-state index in [0.717, 1.165) is 18.4 Å². The highest BCUT2D eigenvalue weighted by molar-refractivity contribution is 5.25. The Labute approximate surface area is 104 Å². The van der Waals surface area contributed by atoms with Gasteiger partial charge < -0.3 is 5.11 Å². The molecule has 0 fully saturated rings. The molecule has 1 heteroatoms. The van der Waals surface area contributed by atoms with Crippen LogP contribution in [0.25, 0.3) is 0 Å². The molecule has 3 unspecified atom stereocenters. The number of hydrogen-bond donors (Lipinski definition) is 1. The number of aliphatic hydroxyl groups is 1. The van der Waals surface area contributed by atoms with E-state index in [9.17, 15) is 5.11 Å². The first kappa shape index (κ1) is 12.4. The normalized spacial score (nSPS) is 26.5. The summed E-state index contributed by atoms with van der Waals surface area (Å²) in [6.45, 7) is 6.48. The molecule has 1 aliphatic rings. The van der Waals surface area contributed by atoms with Crippen molar-refractivity contribution in [1.82, 2.24) is 0 Å². The zero-order valence-corrected chi connectivity index (χ0v) is 11.0. The lowest BCUT2D eigenvalue weighted by Crippen LogP contribution is -2.19. The quantitative estimate of drug-likeness (QED) is 0.761. The van der Waals surface area contributed by atoms with Gasteiger partial charge in [0.05, 0.1) is 6.10 Å². The van der Waals surface area contributed by atoms with Crippen LogP contribution in [0.3, 0.4) is 0 Å². The van der Waals surface area contributed by atoms with E-state index in [1.54, 1.807) is 0 Å². The minimum atomic E-state index is -0.319. The van der Waals surface area contributed by atoms with Gasteiger partial charge in [-0.05, 0) is 44.1 Å². The predicted octanol–water partition coefficient (Wildman–Crippen LogP) is 4.02. The molecule has 0 radical (unpaired) electrons. The molecule has 17 heavy (non-hydrogen) atoms. The van der Waals surface area contributed by atoms with Gasteiger partial charge in [0.1, 0.15) is 0 Å². The van der Waals surface area contributed by atoms with E-state index in [1.165, 1.54) is 11.1 Å².